The number of aryl methyl sites for hydroxylation is 3. The quantitative estimate of drug-likeness (QED) is 0.255. The maximum atomic E-state index is 2.42. The third kappa shape index (κ3) is 2.91. The molecule has 2 heteroatoms. The Hall–Kier alpha value is -3.91. The molecular weight excluding hydrogens is 400 g/mol. The van der Waals surface area contributed by atoms with Crippen molar-refractivity contribution in [2.24, 2.45) is 7.05 Å². The van der Waals surface area contributed by atoms with E-state index in [0.29, 0.717) is 0 Å². The first-order valence-electron chi connectivity index (χ1n) is 11.5. The lowest BCUT2D eigenvalue weighted by Gasteiger charge is -2.14. The van der Waals surface area contributed by atoms with Gasteiger partial charge in [-0.2, -0.15) is 0 Å². The summed E-state index contributed by atoms with van der Waals surface area (Å²) < 4.78 is 4.68. The number of aromatic nitrogens is 2. The minimum atomic E-state index is 1.22. The topological polar surface area (TPSA) is 8.81 Å². The predicted octanol–water partition coefficient (Wildman–Crippen LogP) is 7.35. The van der Waals surface area contributed by atoms with Gasteiger partial charge in [0.2, 0.25) is 5.69 Å². The lowest BCUT2D eigenvalue weighted by Crippen LogP contribution is -2.31. The molecule has 0 saturated carbocycles. The van der Waals surface area contributed by atoms with Gasteiger partial charge in [-0.25, -0.2) is 4.57 Å². The average molecular weight is 428 g/mol. The zero-order chi connectivity index (χ0) is 22.7. The standard InChI is InChI=1S/C31H27N2/c1-20-18-21(2)22(3)27(19-20)31-26-12-9-15-30(25(26)16-17-32(31)4)33-28-13-7-5-10-23(28)24-11-6-8-14-29(24)33/h5-19H,1-4H3/q+1. The van der Waals surface area contributed by atoms with Crippen LogP contribution in [0.4, 0.5) is 0 Å². The van der Waals surface area contributed by atoms with Crippen LogP contribution >= 0.6 is 0 Å². The third-order valence-electron chi connectivity index (χ3n) is 7.04. The van der Waals surface area contributed by atoms with Crippen molar-refractivity contribution in [2.75, 3.05) is 0 Å². The molecule has 0 aliphatic carbocycles. The normalized spacial score (nSPS) is 11.6. The van der Waals surface area contributed by atoms with E-state index in [4.69, 9.17) is 0 Å². The SMILES string of the molecule is Cc1cc(C)c(C)c(-c2c3cccc(-n4c5ccccc5c5ccccc54)c3cc[n+]2C)c1. The maximum absolute atomic E-state index is 2.42. The first-order chi connectivity index (χ1) is 16.0. The van der Waals surface area contributed by atoms with Crippen LogP contribution in [-0.2, 0) is 7.05 Å². The summed E-state index contributed by atoms with van der Waals surface area (Å²) in [5.41, 5.74) is 10.2. The van der Waals surface area contributed by atoms with Gasteiger partial charge in [-0.15, -0.1) is 0 Å². The summed E-state index contributed by atoms with van der Waals surface area (Å²) in [6.07, 6.45) is 2.20. The second-order valence-corrected chi connectivity index (χ2v) is 9.14. The molecule has 0 aliphatic rings. The second kappa shape index (κ2) is 7.31. The smallest absolute Gasteiger partial charge is 0.220 e. The minimum Gasteiger partial charge on any atom is -0.309 e. The molecule has 2 aromatic heterocycles. The molecule has 0 radical (unpaired) electrons. The van der Waals surface area contributed by atoms with Crippen LogP contribution in [0.15, 0.2) is 91.1 Å². The van der Waals surface area contributed by atoms with Crippen molar-refractivity contribution in [1.29, 1.82) is 0 Å². The van der Waals surface area contributed by atoms with Crippen molar-refractivity contribution in [1.82, 2.24) is 4.57 Å². The summed E-state index contributed by atoms with van der Waals surface area (Å²) in [5.74, 6) is 0. The van der Waals surface area contributed by atoms with Crippen LogP contribution in [0.25, 0.3) is 49.5 Å². The predicted molar refractivity (Wildman–Crippen MR) is 139 cm³/mol. The lowest BCUT2D eigenvalue weighted by molar-refractivity contribution is -0.659. The van der Waals surface area contributed by atoms with Crippen LogP contribution in [0.1, 0.15) is 16.7 Å². The molecule has 2 heterocycles. The van der Waals surface area contributed by atoms with Crippen LogP contribution in [-0.4, -0.2) is 4.57 Å². The zero-order valence-electron chi connectivity index (χ0n) is 19.6. The summed E-state index contributed by atoms with van der Waals surface area (Å²) in [7, 11) is 2.15. The van der Waals surface area contributed by atoms with Crippen LogP contribution in [0.2, 0.25) is 0 Å². The Morgan fingerprint density at radius 1 is 0.636 bits per heavy atom. The fraction of sp³-hybridized carbons (Fsp3) is 0.129. The van der Waals surface area contributed by atoms with Gasteiger partial charge in [-0.1, -0.05) is 54.1 Å². The Balaban J connectivity index is 1.75. The Morgan fingerprint density at radius 2 is 1.27 bits per heavy atom. The molecule has 0 unspecified atom stereocenters. The van der Waals surface area contributed by atoms with Gasteiger partial charge in [0.1, 0.15) is 7.05 Å². The van der Waals surface area contributed by atoms with E-state index in [1.807, 2.05) is 0 Å². The van der Waals surface area contributed by atoms with E-state index < -0.39 is 0 Å². The van der Waals surface area contributed by atoms with Gasteiger partial charge >= 0.3 is 0 Å². The molecule has 0 spiro atoms. The van der Waals surface area contributed by atoms with E-state index in [9.17, 15) is 0 Å². The highest BCUT2D eigenvalue weighted by Gasteiger charge is 2.21. The molecule has 0 atom stereocenters. The molecule has 6 rings (SSSR count). The summed E-state index contributed by atoms with van der Waals surface area (Å²) >= 11 is 0. The fourth-order valence-corrected chi connectivity index (χ4v) is 5.38. The molecule has 0 bridgehead atoms. The third-order valence-corrected chi connectivity index (χ3v) is 7.04. The maximum Gasteiger partial charge on any atom is 0.220 e. The molecular formula is C31H27N2+. The van der Waals surface area contributed by atoms with E-state index in [2.05, 4.69) is 128 Å². The highest BCUT2D eigenvalue weighted by atomic mass is 15.0. The summed E-state index contributed by atoms with van der Waals surface area (Å²) in [6.45, 7) is 6.63. The van der Waals surface area contributed by atoms with Crippen molar-refractivity contribution in [3.05, 3.63) is 108 Å². The van der Waals surface area contributed by atoms with E-state index in [1.54, 1.807) is 0 Å². The van der Waals surface area contributed by atoms with Crippen LogP contribution < -0.4 is 4.57 Å². The molecule has 0 aliphatic heterocycles. The fourth-order valence-electron chi connectivity index (χ4n) is 5.38. The molecule has 33 heavy (non-hydrogen) atoms. The van der Waals surface area contributed by atoms with Gasteiger partial charge in [-0.3, -0.25) is 0 Å². The zero-order valence-corrected chi connectivity index (χ0v) is 19.6. The Labute approximate surface area is 194 Å². The number of hydrogen-bond donors (Lipinski definition) is 0. The first-order valence-corrected chi connectivity index (χ1v) is 11.5. The van der Waals surface area contributed by atoms with Gasteiger partial charge in [0, 0.05) is 22.2 Å². The number of fused-ring (bicyclic) bond motifs is 4. The molecule has 0 N–H and O–H groups in total. The number of para-hydroxylation sites is 2. The van der Waals surface area contributed by atoms with Gasteiger partial charge < -0.3 is 4.57 Å². The largest absolute Gasteiger partial charge is 0.309 e. The molecule has 0 amide bonds. The van der Waals surface area contributed by atoms with Crippen LogP contribution in [0.3, 0.4) is 0 Å². The molecule has 0 saturated heterocycles. The molecule has 6 aromatic rings. The van der Waals surface area contributed by atoms with Crippen molar-refractivity contribution < 1.29 is 4.57 Å². The van der Waals surface area contributed by atoms with Gasteiger partial charge in [0.05, 0.1) is 27.7 Å². The van der Waals surface area contributed by atoms with Crippen LogP contribution in [0, 0.1) is 20.8 Å². The van der Waals surface area contributed by atoms with Crippen molar-refractivity contribution >= 4 is 32.6 Å². The Bertz CT molecular complexity index is 1650. The van der Waals surface area contributed by atoms with Crippen molar-refractivity contribution in [3.63, 3.8) is 0 Å². The molecule has 2 nitrogen and oxygen atoms in total. The first kappa shape index (κ1) is 19.8. The average Bonchev–Trinajstić information content (AvgIpc) is 3.15. The summed E-state index contributed by atoms with van der Waals surface area (Å²) in [4.78, 5) is 0. The molecule has 4 aromatic carbocycles. The van der Waals surface area contributed by atoms with Gasteiger partial charge in [0.25, 0.3) is 0 Å². The van der Waals surface area contributed by atoms with Crippen LogP contribution in [0.5, 0.6) is 0 Å². The van der Waals surface area contributed by atoms with E-state index in [-0.39, 0.29) is 0 Å². The van der Waals surface area contributed by atoms with E-state index >= 15 is 0 Å². The monoisotopic (exact) mass is 427 g/mol. The number of pyridine rings is 1. The molecule has 0 fully saturated rings. The number of hydrogen-bond acceptors (Lipinski definition) is 0. The minimum absolute atomic E-state index is 1.22. The lowest BCUT2D eigenvalue weighted by atomic mass is 9.94. The van der Waals surface area contributed by atoms with E-state index in [0.717, 1.165) is 0 Å². The number of rotatable bonds is 2. The van der Waals surface area contributed by atoms with Gasteiger partial charge in [-0.05, 0) is 62.2 Å². The molecule has 160 valence electrons. The number of nitrogens with zero attached hydrogens (tertiary/aromatic N) is 2. The summed E-state index contributed by atoms with van der Waals surface area (Å²) in [5, 5.41) is 5.11. The van der Waals surface area contributed by atoms with E-state index in [1.165, 1.54) is 66.2 Å². The summed E-state index contributed by atoms with van der Waals surface area (Å²) in [6, 6.07) is 31.0. The number of benzene rings is 4. The van der Waals surface area contributed by atoms with Gasteiger partial charge in [0.15, 0.2) is 6.20 Å². The van der Waals surface area contributed by atoms with Crippen molar-refractivity contribution in [2.45, 2.75) is 20.8 Å². The Morgan fingerprint density at radius 3 is 1.97 bits per heavy atom. The highest BCUT2D eigenvalue weighted by Crippen LogP contribution is 2.37. The van der Waals surface area contributed by atoms with Crippen molar-refractivity contribution in [3.8, 4) is 16.9 Å². The Kier molecular flexibility index (Phi) is 4.38. The second-order valence-electron chi connectivity index (χ2n) is 9.14. The highest BCUT2D eigenvalue weighted by molar-refractivity contribution is 6.11.